The van der Waals surface area contributed by atoms with Crippen molar-refractivity contribution in [2.24, 2.45) is 0 Å². The molecular formula is C15H21NO4. The van der Waals surface area contributed by atoms with Crippen molar-refractivity contribution in [3.63, 3.8) is 0 Å². The second kappa shape index (κ2) is 9.09. The zero-order chi connectivity index (χ0) is 14.8. The van der Waals surface area contributed by atoms with Gasteiger partial charge in [0.05, 0.1) is 12.0 Å². The van der Waals surface area contributed by atoms with Crippen LogP contribution in [0.1, 0.15) is 41.6 Å². The van der Waals surface area contributed by atoms with E-state index in [1.807, 2.05) is 0 Å². The third-order valence-corrected chi connectivity index (χ3v) is 3.01. The quantitative estimate of drug-likeness (QED) is 0.599. The molecule has 0 radical (unpaired) electrons. The molecule has 0 aromatic heterocycles. The number of carboxylic acids is 1. The van der Waals surface area contributed by atoms with Crippen LogP contribution in [-0.4, -0.2) is 35.2 Å². The van der Waals surface area contributed by atoms with Gasteiger partial charge in [-0.2, -0.15) is 0 Å². The fourth-order valence-corrected chi connectivity index (χ4v) is 1.94. The number of carboxylic acid groups (broad SMARTS) is 1. The second-order valence-electron chi connectivity index (χ2n) is 4.63. The highest BCUT2D eigenvalue weighted by molar-refractivity contribution is 5.91. The van der Waals surface area contributed by atoms with E-state index in [-0.39, 0.29) is 24.5 Å². The first kappa shape index (κ1) is 16.2. The molecule has 20 heavy (non-hydrogen) atoms. The van der Waals surface area contributed by atoms with E-state index in [1.165, 1.54) is 6.07 Å². The number of aliphatic hydroxyl groups excluding tert-OH is 1. The van der Waals surface area contributed by atoms with Crippen molar-refractivity contribution in [3.8, 4) is 0 Å². The van der Waals surface area contributed by atoms with Gasteiger partial charge < -0.3 is 15.5 Å². The van der Waals surface area contributed by atoms with Gasteiger partial charge in [-0.3, -0.25) is 4.79 Å². The third kappa shape index (κ3) is 5.84. The van der Waals surface area contributed by atoms with E-state index >= 15 is 0 Å². The summed E-state index contributed by atoms with van der Waals surface area (Å²) in [6, 6.07) is 6.53. The number of unbranched alkanes of at least 4 members (excludes halogenated alkanes) is 3. The molecule has 0 unspecified atom stereocenters. The number of hydrogen-bond donors (Lipinski definition) is 3. The Morgan fingerprint density at radius 1 is 1.05 bits per heavy atom. The number of rotatable bonds is 9. The Kier molecular flexibility index (Phi) is 7.35. The number of hydrogen-bond acceptors (Lipinski definition) is 3. The van der Waals surface area contributed by atoms with Crippen molar-refractivity contribution in [1.82, 2.24) is 5.32 Å². The fourth-order valence-electron chi connectivity index (χ4n) is 1.94. The van der Waals surface area contributed by atoms with Crippen molar-refractivity contribution in [3.05, 3.63) is 35.4 Å². The zero-order valence-electron chi connectivity index (χ0n) is 11.5. The van der Waals surface area contributed by atoms with Crippen LogP contribution < -0.4 is 5.32 Å². The number of carbonyl (C=O) groups excluding carboxylic acids is 1. The molecule has 1 aromatic carbocycles. The van der Waals surface area contributed by atoms with Crippen molar-refractivity contribution < 1.29 is 19.8 Å². The van der Waals surface area contributed by atoms with Crippen LogP contribution >= 0.6 is 0 Å². The van der Waals surface area contributed by atoms with Crippen LogP contribution in [0.15, 0.2) is 24.3 Å². The normalized spacial score (nSPS) is 10.2. The van der Waals surface area contributed by atoms with E-state index in [9.17, 15) is 9.59 Å². The minimum Gasteiger partial charge on any atom is -0.478 e. The summed E-state index contributed by atoms with van der Waals surface area (Å²) in [6.07, 6.45) is 3.66. The number of aromatic carboxylic acids is 1. The second-order valence-corrected chi connectivity index (χ2v) is 4.63. The van der Waals surface area contributed by atoms with Crippen LogP contribution in [0.3, 0.4) is 0 Å². The first-order valence-corrected chi connectivity index (χ1v) is 6.84. The standard InChI is InChI=1S/C15H21NO4/c17-10-6-2-1-5-9-16-14(18)11-12-7-3-4-8-13(12)15(19)20/h3-4,7-8,17H,1-2,5-6,9-11H2,(H,16,18)(H,19,20). The monoisotopic (exact) mass is 279 g/mol. The molecule has 1 aromatic rings. The molecule has 0 saturated heterocycles. The Morgan fingerprint density at radius 2 is 1.75 bits per heavy atom. The van der Waals surface area contributed by atoms with Gasteiger partial charge in [0.1, 0.15) is 0 Å². The summed E-state index contributed by atoms with van der Waals surface area (Å²) in [7, 11) is 0. The molecule has 0 heterocycles. The van der Waals surface area contributed by atoms with Gasteiger partial charge >= 0.3 is 5.97 Å². The summed E-state index contributed by atoms with van der Waals surface area (Å²) >= 11 is 0. The van der Waals surface area contributed by atoms with Gasteiger partial charge in [-0.05, 0) is 24.5 Å². The van der Waals surface area contributed by atoms with Crippen LogP contribution in [0.4, 0.5) is 0 Å². The molecule has 0 bridgehead atoms. The van der Waals surface area contributed by atoms with E-state index < -0.39 is 5.97 Å². The van der Waals surface area contributed by atoms with Gasteiger partial charge in [0.15, 0.2) is 0 Å². The number of nitrogens with one attached hydrogen (secondary N) is 1. The molecule has 0 spiro atoms. The molecule has 3 N–H and O–H groups in total. The molecule has 0 saturated carbocycles. The number of aliphatic hydroxyl groups is 1. The van der Waals surface area contributed by atoms with Gasteiger partial charge in [0, 0.05) is 13.2 Å². The molecule has 1 amide bonds. The van der Waals surface area contributed by atoms with Crippen molar-refractivity contribution in [1.29, 1.82) is 0 Å². The summed E-state index contributed by atoms with van der Waals surface area (Å²) in [6.45, 7) is 0.790. The van der Waals surface area contributed by atoms with Gasteiger partial charge in [-0.1, -0.05) is 31.0 Å². The smallest absolute Gasteiger partial charge is 0.335 e. The Hall–Kier alpha value is -1.88. The lowest BCUT2D eigenvalue weighted by Gasteiger charge is -2.07. The molecule has 0 aliphatic rings. The van der Waals surface area contributed by atoms with Gasteiger partial charge in [-0.15, -0.1) is 0 Å². The van der Waals surface area contributed by atoms with Crippen LogP contribution in [0.5, 0.6) is 0 Å². The third-order valence-electron chi connectivity index (χ3n) is 3.01. The maximum absolute atomic E-state index is 11.7. The molecule has 1 rings (SSSR count). The SMILES string of the molecule is O=C(Cc1ccccc1C(=O)O)NCCCCCCO. The average molecular weight is 279 g/mol. The van der Waals surface area contributed by atoms with Crippen LogP contribution in [-0.2, 0) is 11.2 Å². The van der Waals surface area contributed by atoms with E-state index in [0.717, 1.165) is 25.7 Å². The summed E-state index contributed by atoms with van der Waals surface area (Å²) in [4.78, 5) is 22.7. The molecular weight excluding hydrogens is 258 g/mol. The summed E-state index contributed by atoms with van der Waals surface area (Å²) in [5.41, 5.74) is 0.698. The summed E-state index contributed by atoms with van der Waals surface area (Å²) in [5, 5.41) is 20.4. The topological polar surface area (TPSA) is 86.6 Å². The summed E-state index contributed by atoms with van der Waals surface area (Å²) in [5.74, 6) is -1.18. The highest BCUT2D eigenvalue weighted by atomic mass is 16.4. The molecule has 5 nitrogen and oxygen atoms in total. The van der Waals surface area contributed by atoms with Crippen molar-refractivity contribution in [2.75, 3.05) is 13.2 Å². The number of benzene rings is 1. The first-order chi connectivity index (χ1) is 9.65. The minimum atomic E-state index is -1.02. The lowest BCUT2D eigenvalue weighted by molar-refractivity contribution is -0.120. The van der Waals surface area contributed by atoms with Crippen LogP contribution in [0, 0.1) is 0 Å². The molecule has 0 aliphatic heterocycles. The van der Waals surface area contributed by atoms with E-state index in [0.29, 0.717) is 12.1 Å². The van der Waals surface area contributed by atoms with E-state index in [1.54, 1.807) is 18.2 Å². The number of amides is 1. The van der Waals surface area contributed by atoms with Crippen molar-refractivity contribution >= 4 is 11.9 Å². The molecule has 5 heteroatoms. The summed E-state index contributed by atoms with van der Waals surface area (Å²) < 4.78 is 0. The lowest BCUT2D eigenvalue weighted by Crippen LogP contribution is -2.26. The predicted octanol–water partition coefficient (Wildman–Crippen LogP) is 1.60. The fraction of sp³-hybridized carbons (Fsp3) is 0.467. The van der Waals surface area contributed by atoms with Gasteiger partial charge in [-0.25, -0.2) is 4.79 Å². The Balaban J connectivity index is 2.34. The van der Waals surface area contributed by atoms with Crippen LogP contribution in [0.2, 0.25) is 0 Å². The Labute approximate surface area is 118 Å². The van der Waals surface area contributed by atoms with E-state index in [2.05, 4.69) is 5.32 Å². The highest BCUT2D eigenvalue weighted by Gasteiger charge is 2.11. The van der Waals surface area contributed by atoms with Gasteiger partial charge in [0.2, 0.25) is 5.91 Å². The lowest BCUT2D eigenvalue weighted by atomic mass is 10.0. The average Bonchev–Trinajstić information content (AvgIpc) is 2.43. The van der Waals surface area contributed by atoms with Crippen LogP contribution in [0.25, 0.3) is 0 Å². The Morgan fingerprint density at radius 3 is 2.45 bits per heavy atom. The maximum Gasteiger partial charge on any atom is 0.335 e. The van der Waals surface area contributed by atoms with Crippen molar-refractivity contribution in [2.45, 2.75) is 32.1 Å². The molecule has 0 atom stereocenters. The minimum absolute atomic E-state index is 0.0825. The largest absolute Gasteiger partial charge is 0.478 e. The van der Waals surface area contributed by atoms with Gasteiger partial charge in [0.25, 0.3) is 0 Å². The van der Waals surface area contributed by atoms with E-state index in [4.69, 9.17) is 10.2 Å². The first-order valence-electron chi connectivity index (χ1n) is 6.84. The Bertz CT molecular complexity index is 445. The zero-order valence-corrected chi connectivity index (χ0v) is 11.5. The predicted molar refractivity (Wildman–Crippen MR) is 75.7 cm³/mol. The maximum atomic E-state index is 11.7. The molecule has 0 fully saturated rings. The highest BCUT2D eigenvalue weighted by Crippen LogP contribution is 2.09. The number of carbonyl (C=O) groups is 2. The molecule has 110 valence electrons. The molecule has 0 aliphatic carbocycles.